The molecule has 0 amide bonds. The van der Waals surface area contributed by atoms with Gasteiger partial charge in [-0.2, -0.15) is 0 Å². The normalized spacial score (nSPS) is 9.21. The van der Waals surface area contributed by atoms with Crippen molar-refractivity contribution >= 4 is 23.7 Å². The fourth-order valence-electron chi connectivity index (χ4n) is 1.67. The summed E-state index contributed by atoms with van der Waals surface area (Å²) in [6, 6.07) is 1.99. The molecule has 1 aromatic rings. The lowest BCUT2D eigenvalue weighted by atomic mass is 9.96. The smallest absolute Gasteiger partial charge is 0.336 e. The van der Waals surface area contributed by atoms with Crippen LogP contribution >= 0.6 is 0 Å². The van der Waals surface area contributed by atoms with Gasteiger partial charge in [0, 0.05) is 12.1 Å². The fourth-order valence-corrected chi connectivity index (χ4v) is 1.67. The maximum atomic E-state index is 10.8. The first-order valence-electron chi connectivity index (χ1n) is 6.45. The van der Waals surface area contributed by atoms with Crippen LogP contribution in [0.1, 0.15) is 30.1 Å². The standard InChI is InChI=1S/C8H8O4.C6H8O7.3H3N/c1-4(9)8-6(11)2-5(10)3-7(8)12;7-3(8)1-6(13,5(11)12)2-4(9)10;;;/h2-3,10-12H,1H3;13H,1-2H2,(H,7,8)(H,9,10)(H,11,12);3*1H3. The number of carboxylic acids is 3. The van der Waals surface area contributed by atoms with Gasteiger partial charge in [0.25, 0.3) is 0 Å². The van der Waals surface area contributed by atoms with E-state index < -0.39 is 53.6 Å². The molecular formula is C14H25N3O11. The molecule has 162 valence electrons. The van der Waals surface area contributed by atoms with Gasteiger partial charge >= 0.3 is 17.9 Å². The Labute approximate surface area is 158 Å². The molecule has 0 fully saturated rings. The summed E-state index contributed by atoms with van der Waals surface area (Å²) in [5.74, 6) is -6.59. The molecule has 0 aliphatic carbocycles. The molecule has 0 spiro atoms. The van der Waals surface area contributed by atoms with Crippen molar-refractivity contribution in [1.29, 1.82) is 0 Å². The predicted molar refractivity (Wildman–Crippen MR) is 93.6 cm³/mol. The highest BCUT2D eigenvalue weighted by Gasteiger charge is 2.40. The monoisotopic (exact) mass is 411 g/mol. The van der Waals surface area contributed by atoms with Crippen LogP contribution in [0.3, 0.4) is 0 Å². The van der Waals surface area contributed by atoms with Gasteiger partial charge < -0.3 is 54.2 Å². The summed E-state index contributed by atoms with van der Waals surface area (Å²) in [7, 11) is 0. The third-order valence-corrected chi connectivity index (χ3v) is 2.72. The van der Waals surface area contributed by atoms with Crippen LogP contribution < -0.4 is 18.5 Å². The molecule has 0 unspecified atom stereocenters. The quantitative estimate of drug-likeness (QED) is 0.280. The first-order chi connectivity index (χ1) is 11.3. The van der Waals surface area contributed by atoms with E-state index >= 15 is 0 Å². The van der Waals surface area contributed by atoms with E-state index in [1.54, 1.807) is 0 Å². The second-order valence-corrected chi connectivity index (χ2v) is 4.89. The highest BCUT2D eigenvalue weighted by atomic mass is 16.4. The summed E-state index contributed by atoms with van der Waals surface area (Å²) >= 11 is 0. The van der Waals surface area contributed by atoms with Crippen LogP contribution in [0.4, 0.5) is 0 Å². The Hall–Kier alpha value is -3.46. The molecule has 0 saturated heterocycles. The van der Waals surface area contributed by atoms with Gasteiger partial charge in [-0.05, 0) is 6.92 Å². The van der Waals surface area contributed by atoms with Crippen LogP contribution in [0.15, 0.2) is 12.1 Å². The van der Waals surface area contributed by atoms with Gasteiger partial charge in [-0.1, -0.05) is 0 Å². The lowest BCUT2D eigenvalue weighted by Crippen LogP contribution is -2.42. The van der Waals surface area contributed by atoms with Crippen molar-refractivity contribution < 1.29 is 54.9 Å². The van der Waals surface area contributed by atoms with Gasteiger partial charge in [0.15, 0.2) is 11.4 Å². The van der Waals surface area contributed by atoms with Crippen molar-refractivity contribution in [2.24, 2.45) is 0 Å². The number of hydrogen-bond acceptors (Lipinski definition) is 11. The first-order valence-corrected chi connectivity index (χ1v) is 6.45. The van der Waals surface area contributed by atoms with E-state index in [4.69, 9.17) is 35.7 Å². The zero-order chi connectivity index (χ0) is 19.9. The Kier molecular flexibility index (Phi) is 14.8. The molecule has 16 N–H and O–H groups in total. The number of Topliss-reactive ketones (excluding diaryl/α,β-unsaturated/α-hetero) is 1. The van der Waals surface area contributed by atoms with Crippen molar-refractivity contribution in [1.82, 2.24) is 18.5 Å². The topological polar surface area (TPSA) is 315 Å². The number of aromatic hydroxyl groups is 3. The van der Waals surface area contributed by atoms with Crippen molar-refractivity contribution in [3.05, 3.63) is 17.7 Å². The van der Waals surface area contributed by atoms with E-state index in [0.29, 0.717) is 0 Å². The lowest BCUT2D eigenvalue weighted by molar-refractivity contribution is -0.170. The number of phenolic OH excluding ortho intramolecular Hbond substituents is 3. The maximum Gasteiger partial charge on any atom is 0.336 e. The SMILES string of the molecule is CC(=O)c1c(O)cc(O)cc1O.N.N.N.O=C(O)CC(O)(CC(=O)O)C(=O)O. The number of rotatable bonds is 6. The van der Waals surface area contributed by atoms with Gasteiger partial charge in [0.2, 0.25) is 0 Å². The first kappa shape index (κ1) is 32.2. The third kappa shape index (κ3) is 9.88. The van der Waals surface area contributed by atoms with Crippen molar-refractivity contribution in [2.45, 2.75) is 25.4 Å². The highest BCUT2D eigenvalue weighted by Crippen LogP contribution is 2.31. The number of ketones is 1. The zero-order valence-corrected chi connectivity index (χ0v) is 15.0. The van der Waals surface area contributed by atoms with Crippen LogP contribution in [0.5, 0.6) is 17.2 Å². The van der Waals surface area contributed by atoms with Crippen molar-refractivity contribution in [3.8, 4) is 17.2 Å². The van der Waals surface area contributed by atoms with Gasteiger partial charge in [-0.15, -0.1) is 0 Å². The zero-order valence-electron chi connectivity index (χ0n) is 15.0. The minimum Gasteiger partial charge on any atom is -0.508 e. The molecule has 14 nitrogen and oxygen atoms in total. The van der Waals surface area contributed by atoms with Gasteiger partial charge in [-0.25, -0.2) is 4.79 Å². The van der Waals surface area contributed by atoms with Crippen LogP contribution in [0.25, 0.3) is 0 Å². The minimum atomic E-state index is -2.74. The Morgan fingerprint density at radius 1 is 0.821 bits per heavy atom. The molecule has 0 aliphatic rings. The summed E-state index contributed by atoms with van der Waals surface area (Å²) in [6.45, 7) is 1.21. The van der Waals surface area contributed by atoms with E-state index in [0.717, 1.165) is 12.1 Å². The summed E-state index contributed by atoms with van der Waals surface area (Å²) < 4.78 is 0. The molecule has 1 aromatic carbocycles. The van der Waals surface area contributed by atoms with E-state index in [1.807, 2.05) is 0 Å². The number of aliphatic carboxylic acids is 3. The van der Waals surface area contributed by atoms with E-state index in [2.05, 4.69) is 0 Å². The molecule has 0 bridgehead atoms. The maximum absolute atomic E-state index is 10.8. The van der Waals surface area contributed by atoms with Gasteiger partial charge in [0.1, 0.15) is 22.8 Å². The number of aliphatic hydroxyl groups is 1. The Morgan fingerprint density at radius 3 is 1.36 bits per heavy atom. The Bertz CT molecular complexity index is 667. The molecule has 0 radical (unpaired) electrons. The van der Waals surface area contributed by atoms with Crippen LogP contribution in [0, 0.1) is 0 Å². The molecule has 0 atom stereocenters. The number of carbonyl (C=O) groups is 4. The lowest BCUT2D eigenvalue weighted by Gasteiger charge is -2.18. The Morgan fingerprint density at radius 2 is 1.14 bits per heavy atom. The summed E-state index contributed by atoms with van der Waals surface area (Å²) in [5, 5.41) is 60.9. The second kappa shape index (κ2) is 12.8. The average molecular weight is 411 g/mol. The molecule has 0 heterocycles. The number of hydrogen-bond donors (Lipinski definition) is 10. The molecule has 28 heavy (non-hydrogen) atoms. The van der Waals surface area contributed by atoms with Crippen LogP contribution in [-0.2, 0) is 14.4 Å². The molecular weight excluding hydrogens is 386 g/mol. The molecule has 14 heteroatoms. The van der Waals surface area contributed by atoms with E-state index in [9.17, 15) is 19.2 Å². The van der Waals surface area contributed by atoms with Crippen molar-refractivity contribution in [3.63, 3.8) is 0 Å². The number of phenols is 3. The van der Waals surface area contributed by atoms with Crippen molar-refractivity contribution in [2.75, 3.05) is 0 Å². The van der Waals surface area contributed by atoms with Crippen LogP contribution in [-0.4, -0.2) is 65.0 Å². The largest absolute Gasteiger partial charge is 0.508 e. The molecule has 0 saturated carbocycles. The Balaban J connectivity index is -0.000000186. The van der Waals surface area contributed by atoms with E-state index in [-0.39, 0.29) is 29.8 Å². The highest BCUT2D eigenvalue weighted by molar-refractivity contribution is 5.99. The van der Waals surface area contributed by atoms with Crippen LogP contribution in [0.2, 0.25) is 0 Å². The average Bonchev–Trinajstić information content (AvgIpc) is 2.34. The molecule has 0 aromatic heterocycles. The third-order valence-electron chi connectivity index (χ3n) is 2.72. The molecule has 1 rings (SSSR count). The second-order valence-electron chi connectivity index (χ2n) is 4.89. The summed E-state index contributed by atoms with van der Waals surface area (Å²) in [5.41, 5.74) is -2.91. The van der Waals surface area contributed by atoms with Gasteiger partial charge in [-0.3, -0.25) is 14.4 Å². The predicted octanol–water partition coefficient (Wildman–Crippen LogP) is 0.243. The minimum absolute atomic E-state index is 0. The number of carboxylic acid groups (broad SMARTS) is 3. The number of carbonyl (C=O) groups excluding carboxylic acids is 1. The fraction of sp³-hybridized carbons (Fsp3) is 0.286. The summed E-state index contributed by atoms with van der Waals surface area (Å²) in [6.07, 6.45) is -2.29. The van der Waals surface area contributed by atoms with Gasteiger partial charge in [0.05, 0.1) is 12.8 Å². The summed E-state index contributed by atoms with van der Waals surface area (Å²) in [4.78, 5) is 41.3. The molecule has 0 aliphatic heterocycles. The van der Waals surface area contributed by atoms with E-state index in [1.165, 1.54) is 6.92 Å². The number of benzene rings is 1.